The van der Waals surface area contributed by atoms with Gasteiger partial charge in [-0.2, -0.15) is 0 Å². The Bertz CT molecular complexity index is 681. The van der Waals surface area contributed by atoms with Crippen LogP contribution in [0.2, 0.25) is 0 Å². The highest BCUT2D eigenvalue weighted by atomic mass is 31.2. The van der Waals surface area contributed by atoms with Gasteiger partial charge in [0.05, 0.1) is 5.69 Å². The van der Waals surface area contributed by atoms with Crippen LogP contribution in [0.3, 0.4) is 0 Å². The fourth-order valence-electron chi connectivity index (χ4n) is 1.79. The van der Waals surface area contributed by atoms with Crippen molar-refractivity contribution in [3.8, 4) is 5.69 Å². The summed E-state index contributed by atoms with van der Waals surface area (Å²) in [7, 11) is -1.06. The molecule has 7 heteroatoms. The first-order valence-corrected chi connectivity index (χ1v) is 7.15. The Balaban J connectivity index is 2.56. The van der Waals surface area contributed by atoms with Crippen molar-refractivity contribution in [3.63, 3.8) is 0 Å². The standard InChI is InChI=1S/C12H15N2O4P/c1-9-5-4-6-10(7-9)14-12(15)11(8-13-14)19(16,17-2)18-3/h4-8,13H,1-3H3. The first-order valence-electron chi connectivity index (χ1n) is 5.61. The Morgan fingerprint density at radius 2 is 1.95 bits per heavy atom. The normalized spacial score (nSPS) is 11.7. The van der Waals surface area contributed by atoms with Gasteiger partial charge < -0.3 is 9.05 Å². The highest BCUT2D eigenvalue weighted by molar-refractivity contribution is 7.62. The van der Waals surface area contributed by atoms with E-state index in [1.54, 1.807) is 6.07 Å². The molecule has 0 aliphatic carbocycles. The number of nitrogens with one attached hydrogen (secondary N) is 1. The fourth-order valence-corrected chi connectivity index (χ4v) is 2.88. The van der Waals surface area contributed by atoms with Crippen molar-refractivity contribution in [2.45, 2.75) is 6.92 Å². The van der Waals surface area contributed by atoms with E-state index in [9.17, 15) is 9.36 Å². The molecule has 0 saturated heterocycles. The van der Waals surface area contributed by atoms with Gasteiger partial charge in [0.1, 0.15) is 5.30 Å². The van der Waals surface area contributed by atoms with Gasteiger partial charge in [0.15, 0.2) is 0 Å². The van der Waals surface area contributed by atoms with Gasteiger partial charge in [-0.05, 0) is 24.6 Å². The summed E-state index contributed by atoms with van der Waals surface area (Å²) in [5, 5.41) is 2.75. The van der Waals surface area contributed by atoms with Crippen LogP contribution < -0.4 is 10.9 Å². The molecule has 6 nitrogen and oxygen atoms in total. The van der Waals surface area contributed by atoms with E-state index >= 15 is 0 Å². The highest BCUT2D eigenvalue weighted by Crippen LogP contribution is 2.43. The van der Waals surface area contributed by atoms with E-state index in [2.05, 4.69) is 5.10 Å². The molecule has 0 fully saturated rings. The topological polar surface area (TPSA) is 73.3 Å². The molecular weight excluding hydrogens is 267 g/mol. The van der Waals surface area contributed by atoms with Crippen molar-refractivity contribution in [1.29, 1.82) is 0 Å². The van der Waals surface area contributed by atoms with Gasteiger partial charge in [-0.25, -0.2) is 4.68 Å². The molecule has 19 heavy (non-hydrogen) atoms. The van der Waals surface area contributed by atoms with Gasteiger partial charge in [0, 0.05) is 20.4 Å². The predicted molar refractivity (Wildman–Crippen MR) is 72.4 cm³/mol. The molecule has 0 spiro atoms. The summed E-state index contributed by atoms with van der Waals surface area (Å²) in [6, 6.07) is 7.38. The number of aromatic nitrogens is 2. The predicted octanol–water partition coefficient (Wildman–Crippen LogP) is 1.59. The van der Waals surface area contributed by atoms with Crippen LogP contribution in [0.5, 0.6) is 0 Å². The molecule has 1 heterocycles. The van der Waals surface area contributed by atoms with Gasteiger partial charge in [-0.15, -0.1) is 0 Å². The van der Waals surface area contributed by atoms with Crippen LogP contribution in [0.1, 0.15) is 5.56 Å². The summed E-state index contributed by atoms with van der Waals surface area (Å²) in [6.07, 6.45) is 1.35. The Labute approximate surface area is 110 Å². The van der Waals surface area contributed by atoms with Crippen molar-refractivity contribution >= 4 is 12.9 Å². The van der Waals surface area contributed by atoms with Gasteiger partial charge in [-0.1, -0.05) is 12.1 Å². The molecule has 2 aromatic rings. The van der Waals surface area contributed by atoms with Crippen LogP contribution in [-0.2, 0) is 13.6 Å². The van der Waals surface area contributed by atoms with Crippen LogP contribution in [0.15, 0.2) is 35.3 Å². The van der Waals surface area contributed by atoms with E-state index in [4.69, 9.17) is 9.05 Å². The Morgan fingerprint density at radius 3 is 2.53 bits per heavy atom. The second-order valence-electron chi connectivity index (χ2n) is 4.00. The van der Waals surface area contributed by atoms with Gasteiger partial charge >= 0.3 is 7.60 Å². The lowest BCUT2D eigenvalue weighted by molar-refractivity contribution is 0.287. The molecule has 0 atom stereocenters. The average molecular weight is 282 g/mol. The van der Waals surface area contributed by atoms with Crippen LogP contribution in [0.25, 0.3) is 5.69 Å². The first kappa shape index (κ1) is 13.8. The summed E-state index contributed by atoms with van der Waals surface area (Å²) in [5.41, 5.74) is 1.23. The summed E-state index contributed by atoms with van der Waals surface area (Å²) >= 11 is 0. The summed E-state index contributed by atoms with van der Waals surface area (Å²) in [4.78, 5) is 12.2. The second-order valence-corrected chi connectivity index (χ2v) is 6.21. The minimum absolute atomic E-state index is 0.0148. The van der Waals surface area contributed by atoms with Crippen molar-refractivity contribution in [2.75, 3.05) is 14.2 Å². The van der Waals surface area contributed by atoms with Crippen LogP contribution in [0, 0.1) is 6.92 Å². The maximum absolute atomic E-state index is 12.2. The number of benzene rings is 1. The number of aromatic amines is 1. The minimum atomic E-state index is -3.55. The zero-order valence-electron chi connectivity index (χ0n) is 10.9. The van der Waals surface area contributed by atoms with Crippen LogP contribution in [0.4, 0.5) is 0 Å². The molecule has 1 aromatic heterocycles. The SMILES string of the molecule is COP(=O)(OC)c1c[nH]n(-c2cccc(C)c2)c1=O. The molecule has 0 amide bonds. The lowest BCUT2D eigenvalue weighted by atomic mass is 10.2. The van der Waals surface area contributed by atoms with Crippen LogP contribution >= 0.6 is 7.60 Å². The molecule has 0 bridgehead atoms. The molecule has 0 aliphatic heterocycles. The molecule has 2 rings (SSSR count). The zero-order valence-corrected chi connectivity index (χ0v) is 11.8. The molecule has 1 N–H and O–H groups in total. The third-order valence-electron chi connectivity index (χ3n) is 2.79. The van der Waals surface area contributed by atoms with Crippen molar-refractivity contribution in [3.05, 3.63) is 46.4 Å². The van der Waals surface area contributed by atoms with Crippen molar-refractivity contribution in [1.82, 2.24) is 9.78 Å². The molecule has 0 radical (unpaired) electrons. The number of nitrogens with zero attached hydrogens (tertiary/aromatic N) is 1. The van der Waals surface area contributed by atoms with Crippen LogP contribution in [-0.4, -0.2) is 24.0 Å². The largest absolute Gasteiger partial charge is 0.368 e. The summed E-state index contributed by atoms with van der Waals surface area (Å²) in [5.74, 6) is 0. The third-order valence-corrected chi connectivity index (χ3v) is 4.66. The number of rotatable bonds is 4. The van der Waals surface area contributed by atoms with E-state index in [1.807, 2.05) is 25.1 Å². The maximum atomic E-state index is 12.2. The first-order chi connectivity index (χ1) is 9.01. The fraction of sp³-hybridized carbons (Fsp3) is 0.250. The van der Waals surface area contributed by atoms with E-state index in [0.29, 0.717) is 5.69 Å². The minimum Gasteiger partial charge on any atom is -0.308 e. The summed E-state index contributed by atoms with van der Waals surface area (Å²) in [6.45, 7) is 1.92. The molecule has 0 aliphatic rings. The van der Waals surface area contributed by atoms with E-state index in [1.165, 1.54) is 25.1 Å². The van der Waals surface area contributed by atoms with Crippen molar-refractivity contribution in [2.24, 2.45) is 0 Å². The monoisotopic (exact) mass is 282 g/mol. The average Bonchev–Trinajstić information content (AvgIpc) is 2.80. The Kier molecular flexibility index (Phi) is 3.75. The number of hydrogen-bond donors (Lipinski definition) is 1. The smallest absolute Gasteiger partial charge is 0.308 e. The molecule has 1 aromatic carbocycles. The Hall–Kier alpha value is -1.62. The maximum Gasteiger partial charge on any atom is 0.368 e. The third kappa shape index (κ3) is 2.42. The molecular formula is C12H15N2O4P. The lowest BCUT2D eigenvalue weighted by Crippen LogP contribution is -2.28. The second kappa shape index (κ2) is 5.17. The molecule has 0 unspecified atom stereocenters. The quantitative estimate of drug-likeness (QED) is 0.864. The summed E-state index contributed by atoms with van der Waals surface area (Å²) < 4.78 is 23.2. The number of hydrogen-bond acceptors (Lipinski definition) is 4. The zero-order chi connectivity index (χ0) is 14.0. The number of aryl methyl sites for hydroxylation is 1. The van der Waals surface area contributed by atoms with Gasteiger partial charge in [0.25, 0.3) is 5.56 Å². The molecule has 0 saturated carbocycles. The Morgan fingerprint density at radius 1 is 1.26 bits per heavy atom. The van der Waals surface area contributed by atoms with E-state index in [0.717, 1.165) is 5.56 Å². The highest BCUT2D eigenvalue weighted by Gasteiger charge is 2.30. The van der Waals surface area contributed by atoms with Gasteiger partial charge in [-0.3, -0.25) is 14.5 Å². The van der Waals surface area contributed by atoms with E-state index in [-0.39, 0.29) is 5.30 Å². The molecule has 102 valence electrons. The lowest BCUT2D eigenvalue weighted by Gasteiger charge is -2.09. The van der Waals surface area contributed by atoms with Crippen molar-refractivity contribution < 1.29 is 13.6 Å². The number of H-pyrrole nitrogens is 1. The van der Waals surface area contributed by atoms with E-state index < -0.39 is 13.2 Å². The van der Waals surface area contributed by atoms with Gasteiger partial charge in [0.2, 0.25) is 0 Å².